The maximum atomic E-state index is 11.2. The third-order valence-electron chi connectivity index (χ3n) is 3.52. The van der Waals surface area contributed by atoms with E-state index in [1.807, 2.05) is 0 Å². The third-order valence-corrected chi connectivity index (χ3v) is 3.81. The van der Waals surface area contributed by atoms with Gasteiger partial charge in [-0.2, -0.15) is 0 Å². The Labute approximate surface area is 112 Å². The van der Waals surface area contributed by atoms with Crippen molar-refractivity contribution in [3.8, 4) is 0 Å². The highest BCUT2D eigenvalue weighted by molar-refractivity contribution is 6.32. The van der Waals surface area contributed by atoms with Crippen LogP contribution in [0, 0.1) is 12.8 Å². The van der Waals surface area contributed by atoms with E-state index in [9.17, 15) is 4.79 Å². The van der Waals surface area contributed by atoms with Gasteiger partial charge in [0.1, 0.15) is 16.8 Å². The molecule has 1 fully saturated rings. The fraction of sp³-hybridized carbons (Fsp3) is 0.615. The Kier molecular flexibility index (Phi) is 3.85. The molecule has 1 saturated heterocycles. The molecule has 0 aromatic carbocycles. The van der Waals surface area contributed by atoms with E-state index in [-0.39, 0.29) is 5.15 Å². The molecule has 98 valence electrons. The molecule has 0 saturated carbocycles. The van der Waals surface area contributed by atoms with E-state index in [1.54, 1.807) is 6.92 Å². The largest absolute Gasteiger partial charge is 0.353 e. The van der Waals surface area contributed by atoms with Crippen molar-refractivity contribution in [3.05, 3.63) is 16.5 Å². The van der Waals surface area contributed by atoms with Gasteiger partial charge in [0, 0.05) is 12.6 Å². The fourth-order valence-electron chi connectivity index (χ4n) is 2.58. The van der Waals surface area contributed by atoms with Crippen LogP contribution in [0.15, 0.2) is 0 Å². The van der Waals surface area contributed by atoms with Crippen LogP contribution in [0.4, 0.5) is 5.82 Å². The summed E-state index contributed by atoms with van der Waals surface area (Å²) in [5.74, 6) is 2.00. The molecule has 0 aliphatic carbocycles. The summed E-state index contributed by atoms with van der Waals surface area (Å²) in [7, 11) is 0. The molecule has 2 rings (SSSR count). The van der Waals surface area contributed by atoms with Gasteiger partial charge in [-0.25, -0.2) is 9.97 Å². The van der Waals surface area contributed by atoms with Crippen LogP contribution < -0.4 is 4.90 Å². The Balaban J connectivity index is 2.40. The first kappa shape index (κ1) is 13.3. The standard InChI is InChI=1S/C13H18ClN3O/c1-8-4-5-17(9(2)6-8)13-11(7-18)12(14)15-10(3)16-13/h7-9H,4-6H2,1-3H3. The van der Waals surface area contributed by atoms with E-state index >= 15 is 0 Å². The number of aromatic nitrogens is 2. The topological polar surface area (TPSA) is 46.1 Å². The van der Waals surface area contributed by atoms with Gasteiger partial charge in [0.25, 0.3) is 0 Å². The molecule has 2 unspecified atom stereocenters. The SMILES string of the molecule is Cc1nc(Cl)c(C=O)c(N2CCC(C)CC2C)n1. The molecule has 4 nitrogen and oxygen atoms in total. The number of carbonyl (C=O) groups excluding carboxylic acids is 1. The quantitative estimate of drug-likeness (QED) is 0.611. The van der Waals surface area contributed by atoms with Gasteiger partial charge in [-0.05, 0) is 32.6 Å². The number of aryl methyl sites for hydroxylation is 1. The maximum absolute atomic E-state index is 11.2. The number of halogens is 1. The van der Waals surface area contributed by atoms with Gasteiger partial charge in [0.05, 0.1) is 5.56 Å². The van der Waals surface area contributed by atoms with Crippen LogP contribution in [0.2, 0.25) is 5.15 Å². The molecule has 18 heavy (non-hydrogen) atoms. The van der Waals surface area contributed by atoms with Crippen LogP contribution in [-0.4, -0.2) is 28.8 Å². The van der Waals surface area contributed by atoms with E-state index in [1.165, 1.54) is 0 Å². The zero-order valence-electron chi connectivity index (χ0n) is 11.0. The Bertz CT molecular complexity index is 464. The van der Waals surface area contributed by atoms with Gasteiger partial charge in [-0.15, -0.1) is 0 Å². The van der Waals surface area contributed by atoms with Gasteiger partial charge in [-0.1, -0.05) is 18.5 Å². The second-order valence-electron chi connectivity index (χ2n) is 5.09. The lowest BCUT2D eigenvalue weighted by atomic mass is 9.93. The predicted octanol–water partition coefficient (Wildman–Crippen LogP) is 2.88. The van der Waals surface area contributed by atoms with Crippen LogP contribution in [-0.2, 0) is 0 Å². The minimum Gasteiger partial charge on any atom is -0.353 e. The zero-order valence-corrected chi connectivity index (χ0v) is 11.7. The number of anilines is 1. The van der Waals surface area contributed by atoms with Crippen LogP contribution in [0.3, 0.4) is 0 Å². The van der Waals surface area contributed by atoms with Gasteiger partial charge < -0.3 is 4.90 Å². The average Bonchev–Trinajstić information content (AvgIpc) is 2.28. The van der Waals surface area contributed by atoms with Crippen molar-refractivity contribution in [2.45, 2.75) is 39.7 Å². The number of hydrogen-bond acceptors (Lipinski definition) is 4. The van der Waals surface area contributed by atoms with Crippen molar-refractivity contribution in [2.24, 2.45) is 5.92 Å². The number of piperidine rings is 1. The van der Waals surface area contributed by atoms with Crippen molar-refractivity contribution >= 4 is 23.7 Å². The van der Waals surface area contributed by atoms with Crippen LogP contribution in [0.25, 0.3) is 0 Å². The summed E-state index contributed by atoms with van der Waals surface area (Å²) in [5, 5.41) is 0.248. The first-order valence-corrected chi connectivity index (χ1v) is 6.66. The zero-order chi connectivity index (χ0) is 13.3. The van der Waals surface area contributed by atoms with Gasteiger partial charge >= 0.3 is 0 Å². The minimum absolute atomic E-state index is 0.248. The molecule has 0 spiro atoms. The number of carbonyl (C=O) groups is 1. The Hall–Kier alpha value is -1.16. The second-order valence-corrected chi connectivity index (χ2v) is 5.45. The lowest BCUT2D eigenvalue weighted by Crippen LogP contribution is -2.41. The number of hydrogen-bond donors (Lipinski definition) is 0. The highest BCUT2D eigenvalue weighted by Gasteiger charge is 2.27. The third kappa shape index (κ3) is 2.48. The molecule has 1 aliphatic heterocycles. The summed E-state index contributed by atoms with van der Waals surface area (Å²) in [6.07, 6.45) is 2.98. The molecule has 0 N–H and O–H groups in total. The van der Waals surface area contributed by atoms with E-state index in [2.05, 4.69) is 28.7 Å². The van der Waals surface area contributed by atoms with Gasteiger partial charge in [0.2, 0.25) is 0 Å². The highest BCUT2D eigenvalue weighted by Crippen LogP contribution is 2.30. The lowest BCUT2D eigenvalue weighted by molar-refractivity contribution is 0.112. The van der Waals surface area contributed by atoms with Crippen LogP contribution >= 0.6 is 11.6 Å². The smallest absolute Gasteiger partial charge is 0.156 e. The van der Waals surface area contributed by atoms with E-state index in [4.69, 9.17) is 11.6 Å². The summed E-state index contributed by atoms with van der Waals surface area (Å²) in [5.41, 5.74) is 0.406. The van der Waals surface area contributed by atoms with E-state index in [0.717, 1.165) is 25.7 Å². The van der Waals surface area contributed by atoms with Gasteiger partial charge in [-0.3, -0.25) is 4.79 Å². The molecule has 1 aliphatic rings. The van der Waals surface area contributed by atoms with Crippen molar-refractivity contribution in [1.29, 1.82) is 0 Å². The predicted molar refractivity (Wildman–Crippen MR) is 72.4 cm³/mol. The summed E-state index contributed by atoms with van der Waals surface area (Å²) >= 11 is 6.02. The normalized spacial score (nSPS) is 24.1. The Morgan fingerprint density at radius 1 is 1.39 bits per heavy atom. The number of aldehydes is 1. The second kappa shape index (κ2) is 5.22. The van der Waals surface area contributed by atoms with Crippen LogP contribution in [0.5, 0.6) is 0 Å². The summed E-state index contributed by atoms with van der Waals surface area (Å²) in [6.45, 7) is 7.12. The highest BCUT2D eigenvalue weighted by atomic mass is 35.5. The summed E-state index contributed by atoms with van der Waals surface area (Å²) in [4.78, 5) is 21.8. The molecule has 1 aromatic rings. The van der Waals surface area contributed by atoms with Crippen molar-refractivity contribution in [3.63, 3.8) is 0 Å². The molecular formula is C13H18ClN3O. The summed E-state index contributed by atoms with van der Waals surface area (Å²) in [6, 6.07) is 0.373. The average molecular weight is 268 g/mol. The molecule has 2 heterocycles. The molecule has 5 heteroatoms. The molecular weight excluding hydrogens is 250 g/mol. The molecule has 2 atom stereocenters. The Morgan fingerprint density at radius 2 is 2.11 bits per heavy atom. The minimum atomic E-state index is 0.248. The van der Waals surface area contributed by atoms with E-state index in [0.29, 0.717) is 29.2 Å². The molecule has 0 radical (unpaired) electrons. The monoisotopic (exact) mass is 267 g/mol. The first-order chi connectivity index (χ1) is 8.52. The number of rotatable bonds is 2. The van der Waals surface area contributed by atoms with Crippen molar-refractivity contribution in [1.82, 2.24) is 9.97 Å². The van der Waals surface area contributed by atoms with Gasteiger partial charge in [0.15, 0.2) is 6.29 Å². The lowest BCUT2D eigenvalue weighted by Gasteiger charge is -2.38. The first-order valence-electron chi connectivity index (χ1n) is 6.29. The molecule has 1 aromatic heterocycles. The Morgan fingerprint density at radius 3 is 2.72 bits per heavy atom. The van der Waals surface area contributed by atoms with E-state index < -0.39 is 0 Å². The summed E-state index contributed by atoms with van der Waals surface area (Å²) < 4.78 is 0. The number of nitrogens with zero attached hydrogens (tertiary/aromatic N) is 3. The van der Waals surface area contributed by atoms with Crippen molar-refractivity contribution < 1.29 is 4.79 Å². The molecule has 0 bridgehead atoms. The fourth-order valence-corrected chi connectivity index (χ4v) is 2.83. The van der Waals surface area contributed by atoms with Crippen LogP contribution in [0.1, 0.15) is 42.9 Å². The molecule has 0 amide bonds. The van der Waals surface area contributed by atoms with Crippen molar-refractivity contribution in [2.75, 3.05) is 11.4 Å². The maximum Gasteiger partial charge on any atom is 0.156 e.